The number of carbonyl (C=O) groups is 1. The molecule has 0 aliphatic carbocycles. The lowest BCUT2D eigenvalue weighted by atomic mass is 10.0. The number of hydrogen-bond donors (Lipinski definition) is 0. The van der Waals surface area contributed by atoms with Crippen molar-refractivity contribution in [1.29, 1.82) is 5.26 Å². The molecule has 1 fully saturated rings. The van der Waals surface area contributed by atoms with Crippen LogP contribution in [0.2, 0.25) is 0 Å². The van der Waals surface area contributed by atoms with Crippen LogP contribution in [0.5, 0.6) is 0 Å². The zero-order chi connectivity index (χ0) is 12.9. The third kappa shape index (κ3) is 4.64. The van der Waals surface area contributed by atoms with Crippen molar-refractivity contribution in [3.8, 4) is 6.07 Å². The molecule has 1 aliphatic heterocycles. The highest BCUT2D eigenvalue weighted by Crippen LogP contribution is 2.19. The van der Waals surface area contributed by atoms with E-state index < -0.39 is 5.60 Å². The highest BCUT2D eigenvalue weighted by molar-refractivity contribution is 5.69. The Morgan fingerprint density at radius 1 is 1.29 bits per heavy atom. The smallest absolute Gasteiger partial charge is 0.411 e. The molecule has 0 aromatic carbocycles. The number of rotatable bonds is 0. The molecule has 1 amide bonds. The van der Waals surface area contributed by atoms with Gasteiger partial charge in [-0.2, -0.15) is 5.26 Å². The van der Waals surface area contributed by atoms with E-state index in [0.29, 0.717) is 6.54 Å². The average Bonchev–Trinajstić information content (AvgIpc) is 2.14. The van der Waals surface area contributed by atoms with Crippen LogP contribution < -0.4 is 0 Å². The lowest BCUT2D eigenvalue weighted by Gasteiger charge is -2.31. The van der Waals surface area contributed by atoms with Crippen LogP contribution in [0.4, 0.5) is 4.79 Å². The Kier molecular flexibility index (Phi) is 4.80. The van der Waals surface area contributed by atoms with Crippen molar-refractivity contribution in [2.24, 2.45) is 0 Å². The molecule has 4 heteroatoms. The summed E-state index contributed by atoms with van der Waals surface area (Å²) in [7, 11) is 0. The number of amides is 1. The zero-order valence-electron chi connectivity index (χ0n) is 11.0. The first-order valence-corrected chi connectivity index (χ1v) is 6.33. The summed E-state index contributed by atoms with van der Waals surface area (Å²) >= 11 is 0. The number of carbonyl (C=O) groups excluding carboxylic acids is 1. The average molecular weight is 238 g/mol. The maximum Gasteiger partial charge on any atom is 0.411 e. The summed E-state index contributed by atoms with van der Waals surface area (Å²) in [6, 6.07) is 1.88. The Bertz CT molecular complexity index is 302. The van der Waals surface area contributed by atoms with Gasteiger partial charge in [-0.15, -0.1) is 0 Å². The highest BCUT2D eigenvalue weighted by atomic mass is 16.6. The number of nitrogens with zero attached hydrogens (tertiary/aromatic N) is 2. The Morgan fingerprint density at radius 3 is 2.53 bits per heavy atom. The number of nitriles is 1. The van der Waals surface area contributed by atoms with Crippen molar-refractivity contribution in [2.45, 2.75) is 64.5 Å². The molecule has 1 atom stereocenters. The fourth-order valence-corrected chi connectivity index (χ4v) is 1.96. The number of likely N-dealkylation sites (tertiary alicyclic amines) is 1. The summed E-state index contributed by atoms with van der Waals surface area (Å²) in [5, 5.41) is 9.13. The van der Waals surface area contributed by atoms with Crippen molar-refractivity contribution in [2.75, 3.05) is 6.54 Å². The van der Waals surface area contributed by atoms with Gasteiger partial charge in [0.15, 0.2) is 0 Å². The first-order chi connectivity index (χ1) is 7.94. The lowest BCUT2D eigenvalue weighted by Crippen LogP contribution is -2.43. The summed E-state index contributed by atoms with van der Waals surface area (Å²) in [6.45, 7) is 6.16. The van der Waals surface area contributed by atoms with Gasteiger partial charge in [-0.25, -0.2) is 4.79 Å². The minimum Gasteiger partial charge on any atom is -0.444 e. The van der Waals surface area contributed by atoms with Gasteiger partial charge in [-0.1, -0.05) is 19.3 Å². The van der Waals surface area contributed by atoms with E-state index in [-0.39, 0.29) is 12.1 Å². The van der Waals surface area contributed by atoms with Gasteiger partial charge in [-0.3, -0.25) is 4.90 Å². The molecule has 1 aliphatic rings. The van der Waals surface area contributed by atoms with Crippen molar-refractivity contribution in [1.82, 2.24) is 4.90 Å². The Balaban J connectivity index is 2.68. The van der Waals surface area contributed by atoms with Gasteiger partial charge in [0.1, 0.15) is 11.6 Å². The van der Waals surface area contributed by atoms with Gasteiger partial charge < -0.3 is 4.74 Å². The Labute approximate surface area is 104 Å². The largest absolute Gasteiger partial charge is 0.444 e. The second-order valence-corrected chi connectivity index (χ2v) is 5.52. The van der Waals surface area contributed by atoms with Crippen molar-refractivity contribution >= 4 is 6.09 Å². The van der Waals surface area contributed by atoms with Gasteiger partial charge in [0.2, 0.25) is 0 Å². The molecular formula is C13H22N2O2. The normalized spacial score (nSPS) is 22.2. The molecule has 4 nitrogen and oxygen atoms in total. The van der Waals surface area contributed by atoms with E-state index in [0.717, 1.165) is 32.1 Å². The molecule has 1 unspecified atom stereocenters. The van der Waals surface area contributed by atoms with Crippen LogP contribution >= 0.6 is 0 Å². The molecule has 0 bridgehead atoms. The lowest BCUT2D eigenvalue weighted by molar-refractivity contribution is 0.0183. The molecule has 0 N–H and O–H groups in total. The quantitative estimate of drug-likeness (QED) is 0.651. The molecule has 1 heterocycles. The molecule has 17 heavy (non-hydrogen) atoms. The molecule has 0 aromatic rings. The van der Waals surface area contributed by atoms with Crippen LogP contribution in [0, 0.1) is 11.3 Å². The predicted molar refractivity (Wildman–Crippen MR) is 65.4 cm³/mol. The first kappa shape index (κ1) is 13.8. The topological polar surface area (TPSA) is 53.3 Å². The van der Waals surface area contributed by atoms with Gasteiger partial charge in [0, 0.05) is 6.54 Å². The number of ether oxygens (including phenoxy) is 1. The van der Waals surface area contributed by atoms with Crippen LogP contribution in [0.1, 0.15) is 52.9 Å². The van der Waals surface area contributed by atoms with Crippen LogP contribution in [0.25, 0.3) is 0 Å². The highest BCUT2D eigenvalue weighted by Gasteiger charge is 2.28. The van der Waals surface area contributed by atoms with Crippen molar-refractivity contribution in [3.63, 3.8) is 0 Å². The summed E-state index contributed by atoms with van der Waals surface area (Å²) in [4.78, 5) is 13.6. The Morgan fingerprint density at radius 2 is 1.94 bits per heavy atom. The van der Waals surface area contributed by atoms with E-state index in [4.69, 9.17) is 10.00 Å². The van der Waals surface area contributed by atoms with Crippen LogP contribution in [0.15, 0.2) is 0 Å². The molecule has 96 valence electrons. The molecular weight excluding hydrogens is 216 g/mol. The fourth-order valence-electron chi connectivity index (χ4n) is 1.96. The minimum absolute atomic E-state index is 0.329. The van der Waals surface area contributed by atoms with E-state index in [1.807, 2.05) is 20.8 Å². The van der Waals surface area contributed by atoms with Gasteiger partial charge in [-0.05, 0) is 33.6 Å². The zero-order valence-corrected chi connectivity index (χ0v) is 11.0. The minimum atomic E-state index is -0.501. The SMILES string of the molecule is CC(C)(C)OC(=O)N1CCCCCCC1C#N. The second-order valence-electron chi connectivity index (χ2n) is 5.52. The summed E-state index contributed by atoms with van der Waals surface area (Å²) in [6.07, 6.45) is 4.65. The maximum absolute atomic E-state index is 12.0. The Hall–Kier alpha value is -1.24. The number of hydrogen-bond acceptors (Lipinski definition) is 3. The summed E-state index contributed by atoms with van der Waals surface area (Å²) in [5.41, 5.74) is -0.501. The molecule has 1 saturated heterocycles. The summed E-state index contributed by atoms with van der Waals surface area (Å²) < 4.78 is 5.34. The van der Waals surface area contributed by atoms with Gasteiger partial charge >= 0.3 is 6.09 Å². The monoisotopic (exact) mass is 238 g/mol. The molecule has 0 spiro atoms. The first-order valence-electron chi connectivity index (χ1n) is 6.33. The van der Waals surface area contributed by atoms with Gasteiger partial charge in [0.05, 0.1) is 6.07 Å². The van der Waals surface area contributed by atoms with E-state index in [1.54, 1.807) is 4.90 Å². The van der Waals surface area contributed by atoms with E-state index in [1.165, 1.54) is 0 Å². The molecule has 0 radical (unpaired) electrons. The third-order valence-corrected chi connectivity index (χ3v) is 2.78. The van der Waals surface area contributed by atoms with Crippen molar-refractivity contribution in [3.05, 3.63) is 0 Å². The second kappa shape index (κ2) is 5.90. The van der Waals surface area contributed by atoms with E-state index in [2.05, 4.69) is 6.07 Å². The standard InChI is InChI=1S/C13H22N2O2/c1-13(2,3)17-12(16)15-9-7-5-4-6-8-11(15)10-14/h11H,4-9H2,1-3H3. The van der Waals surface area contributed by atoms with Crippen LogP contribution in [0.3, 0.4) is 0 Å². The van der Waals surface area contributed by atoms with E-state index >= 15 is 0 Å². The third-order valence-electron chi connectivity index (χ3n) is 2.78. The van der Waals surface area contributed by atoms with Crippen LogP contribution in [-0.4, -0.2) is 29.2 Å². The molecule has 0 aromatic heterocycles. The van der Waals surface area contributed by atoms with E-state index in [9.17, 15) is 4.79 Å². The molecule has 0 saturated carbocycles. The maximum atomic E-state index is 12.0. The van der Waals surface area contributed by atoms with Crippen molar-refractivity contribution < 1.29 is 9.53 Å². The predicted octanol–water partition coefficient (Wildman–Crippen LogP) is 3.08. The fraction of sp³-hybridized carbons (Fsp3) is 0.846. The molecule has 1 rings (SSSR count). The summed E-state index contributed by atoms with van der Waals surface area (Å²) in [5.74, 6) is 0. The van der Waals surface area contributed by atoms with Crippen LogP contribution in [-0.2, 0) is 4.74 Å². The van der Waals surface area contributed by atoms with Gasteiger partial charge in [0.25, 0.3) is 0 Å².